The summed E-state index contributed by atoms with van der Waals surface area (Å²) in [7, 11) is 0. The second-order valence-electron chi connectivity index (χ2n) is 4.07. The van der Waals surface area contributed by atoms with Crippen molar-refractivity contribution in [1.82, 2.24) is 0 Å². The van der Waals surface area contributed by atoms with Gasteiger partial charge in [-0.05, 0) is 31.9 Å². The fourth-order valence-corrected chi connectivity index (χ4v) is 2.31. The average molecular weight is 279 g/mol. The van der Waals surface area contributed by atoms with E-state index in [9.17, 15) is 12.9 Å². The summed E-state index contributed by atoms with van der Waals surface area (Å²) in [6, 6.07) is 0. The molecule has 0 radical (unpaired) electrons. The maximum atomic E-state index is 13.0. The molecule has 0 amide bonds. The molecule has 0 heterocycles. The van der Waals surface area contributed by atoms with Gasteiger partial charge in [0.1, 0.15) is 0 Å². The van der Waals surface area contributed by atoms with Gasteiger partial charge in [0.2, 0.25) is 0 Å². The number of halogens is 3. The molecule has 0 saturated carbocycles. The second-order valence-corrected chi connectivity index (χ2v) is 4.07. The monoisotopic (exact) mass is 279 g/mol. The van der Waals surface area contributed by atoms with E-state index >= 15 is 0 Å². The Balaban J connectivity index is 0.00000289. The van der Waals surface area contributed by atoms with Gasteiger partial charge >= 0.3 is 58.4 Å². The predicted molar refractivity (Wildman–Crippen MR) is 65.2 cm³/mol. The van der Waals surface area contributed by atoms with Crippen LogP contribution in [0.1, 0.15) is 27.8 Å². The summed E-state index contributed by atoms with van der Waals surface area (Å²) in [5.74, 6) is 2.33. The fraction of sp³-hybridized carbons (Fsp3) is 0.333. The van der Waals surface area contributed by atoms with Crippen molar-refractivity contribution in [3.8, 4) is 12.3 Å². The Hall–Kier alpha value is 0.231. The van der Waals surface area contributed by atoms with Crippen LogP contribution in [-0.2, 0) is 6.54 Å². The Bertz CT molecular complexity index is 504. The first kappa shape index (κ1) is 18.2. The van der Waals surface area contributed by atoms with E-state index in [1.54, 1.807) is 6.92 Å². The predicted octanol–water partition coefficient (Wildman–Crippen LogP) is -0.890. The van der Waals surface area contributed by atoms with Crippen molar-refractivity contribution < 1.29 is 64.3 Å². The largest absolute Gasteiger partial charge is 1.00 e. The molecule has 0 aliphatic rings. The first-order valence-electron chi connectivity index (χ1n) is 5.24. The molecule has 0 atom stereocenters. The second kappa shape index (κ2) is 6.60. The molecule has 0 aromatic heterocycles. The number of hydrogen-bond donors (Lipinski definition) is 1. The standard InChI is InChI=1S/C12H14BF3N.K/c1-5-10-7(2)11(6-17)9(4)12(8(10)3)13(14,15)16;/h1H,6,17H2,2-4H3;/q-1;+1. The zero-order valence-electron chi connectivity index (χ0n) is 11.1. The number of nitrogens with two attached hydrogens (primary N) is 1. The van der Waals surface area contributed by atoms with Crippen molar-refractivity contribution in [2.24, 2.45) is 5.73 Å². The SMILES string of the molecule is C#Cc1c(C)c(CN)c(C)c([B-](F)(F)F)c1C.[K+]. The minimum atomic E-state index is -5.07. The minimum Gasteiger partial charge on any atom is -0.445 e. The smallest absolute Gasteiger partial charge is 0.445 e. The summed E-state index contributed by atoms with van der Waals surface area (Å²) in [6.45, 7) is -0.432. The molecule has 0 spiro atoms. The molecule has 1 nitrogen and oxygen atoms in total. The van der Waals surface area contributed by atoms with Crippen LogP contribution in [0.3, 0.4) is 0 Å². The molecule has 0 saturated heterocycles. The molecule has 1 rings (SSSR count). The normalized spacial score (nSPS) is 10.8. The van der Waals surface area contributed by atoms with E-state index in [4.69, 9.17) is 12.2 Å². The third-order valence-electron chi connectivity index (χ3n) is 3.14. The molecule has 0 fully saturated rings. The van der Waals surface area contributed by atoms with E-state index < -0.39 is 12.4 Å². The number of benzene rings is 1. The molecule has 0 aliphatic heterocycles. The summed E-state index contributed by atoms with van der Waals surface area (Å²) in [5, 5.41) is 0. The topological polar surface area (TPSA) is 26.0 Å². The molecule has 0 bridgehead atoms. The van der Waals surface area contributed by atoms with E-state index in [0.717, 1.165) is 0 Å². The zero-order chi connectivity index (χ0) is 13.4. The van der Waals surface area contributed by atoms with Gasteiger partial charge in [0.05, 0.1) is 0 Å². The molecule has 6 heteroatoms. The van der Waals surface area contributed by atoms with Crippen LogP contribution in [0.2, 0.25) is 0 Å². The van der Waals surface area contributed by atoms with Crippen molar-refractivity contribution in [3.63, 3.8) is 0 Å². The van der Waals surface area contributed by atoms with Crippen LogP contribution in [0.4, 0.5) is 12.9 Å². The fourth-order valence-electron chi connectivity index (χ4n) is 2.31. The van der Waals surface area contributed by atoms with Gasteiger partial charge in [0, 0.05) is 12.1 Å². The van der Waals surface area contributed by atoms with Crippen LogP contribution in [0.5, 0.6) is 0 Å². The number of hydrogen-bond acceptors (Lipinski definition) is 1. The molecule has 92 valence electrons. The molecule has 0 unspecified atom stereocenters. The van der Waals surface area contributed by atoms with Crippen molar-refractivity contribution in [2.75, 3.05) is 0 Å². The Labute approximate surface area is 148 Å². The van der Waals surface area contributed by atoms with E-state index in [1.165, 1.54) is 13.8 Å². The van der Waals surface area contributed by atoms with Gasteiger partial charge in [-0.3, -0.25) is 0 Å². The quantitative estimate of drug-likeness (QED) is 0.552. The average Bonchev–Trinajstić information content (AvgIpc) is 2.16. The van der Waals surface area contributed by atoms with Gasteiger partial charge in [0.15, 0.2) is 0 Å². The van der Waals surface area contributed by atoms with Gasteiger partial charge in [0.25, 0.3) is 0 Å². The summed E-state index contributed by atoms with van der Waals surface area (Å²) in [6.07, 6.45) is 5.29. The van der Waals surface area contributed by atoms with Gasteiger partial charge < -0.3 is 18.7 Å². The van der Waals surface area contributed by atoms with Gasteiger partial charge in [-0.2, -0.15) is 0 Å². The molecule has 0 aliphatic carbocycles. The summed E-state index contributed by atoms with van der Waals surface area (Å²) in [5.41, 5.74) is 6.73. The van der Waals surface area contributed by atoms with Crippen LogP contribution in [0.25, 0.3) is 0 Å². The maximum Gasteiger partial charge on any atom is 1.00 e. The van der Waals surface area contributed by atoms with Crippen molar-refractivity contribution >= 4 is 12.4 Å². The zero-order valence-corrected chi connectivity index (χ0v) is 14.2. The Morgan fingerprint density at radius 2 is 1.61 bits per heavy atom. The number of terminal acetylenes is 1. The minimum absolute atomic E-state index is 0. The molecular weight excluding hydrogens is 265 g/mol. The molecule has 1 aromatic carbocycles. The summed E-state index contributed by atoms with van der Waals surface area (Å²) >= 11 is 0. The maximum absolute atomic E-state index is 13.0. The van der Waals surface area contributed by atoms with Gasteiger partial charge in [-0.1, -0.05) is 17.0 Å². The van der Waals surface area contributed by atoms with E-state index in [2.05, 4.69) is 5.92 Å². The van der Waals surface area contributed by atoms with Gasteiger partial charge in [-0.15, -0.1) is 11.9 Å². The van der Waals surface area contributed by atoms with Gasteiger partial charge in [-0.25, -0.2) is 0 Å². The first-order valence-corrected chi connectivity index (χ1v) is 5.24. The van der Waals surface area contributed by atoms with Crippen molar-refractivity contribution in [1.29, 1.82) is 0 Å². The Morgan fingerprint density at radius 3 is 1.94 bits per heavy atom. The van der Waals surface area contributed by atoms with Crippen LogP contribution in [0.15, 0.2) is 0 Å². The third kappa shape index (κ3) is 3.21. The Kier molecular flexibility index (Phi) is 6.68. The summed E-state index contributed by atoms with van der Waals surface area (Å²) < 4.78 is 39.1. The van der Waals surface area contributed by atoms with Crippen molar-refractivity contribution in [2.45, 2.75) is 27.3 Å². The third-order valence-corrected chi connectivity index (χ3v) is 3.14. The molecule has 1 aromatic rings. The Morgan fingerprint density at radius 1 is 1.11 bits per heavy atom. The van der Waals surface area contributed by atoms with E-state index in [-0.39, 0.29) is 69.1 Å². The van der Waals surface area contributed by atoms with Crippen LogP contribution < -0.4 is 62.6 Å². The van der Waals surface area contributed by atoms with Crippen LogP contribution >= 0.6 is 0 Å². The van der Waals surface area contributed by atoms with Crippen LogP contribution in [-0.4, -0.2) is 6.98 Å². The molecule has 18 heavy (non-hydrogen) atoms. The molecular formula is C12H14BF3KN. The van der Waals surface area contributed by atoms with E-state index in [1.807, 2.05) is 0 Å². The van der Waals surface area contributed by atoms with E-state index in [0.29, 0.717) is 16.7 Å². The summed E-state index contributed by atoms with van der Waals surface area (Å²) in [4.78, 5) is 0. The number of rotatable bonds is 2. The van der Waals surface area contributed by atoms with Crippen LogP contribution in [0, 0.1) is 33.1 Å². The first-order chi connectivity index (χ1) is 7.75. The molecule has 2 N–H and O–H groups in total. The van der Waals surface area contributed by atoms with Crippen molar-refractivity contribution in [3.05, 3.63) is 27.8 Å².